The Labute approximate surface area is 350 Å². The van der Waals surface area contributed by atoms with Crippen LogP contribution in [0.3, 0.4) is 0 Å². The molecule has 1 atom stereocenters. The molecule has 13 nitrogen and oxygen atoms in total. The van der Waals surface area contributed by atoms with Gasteiger partial charge < -0.3 is 33.6 Å². The second-order valence-corrected chi connectivity index (χ2v) is 9.89. The molecule has 5 heterocycles. The van der Waals surface area contributed by atoms with E-state index in [0.717, 1.165) is 19.3 Å². The van der Waals surface area contributed by atoms with E-state index in [-0.39, 0.29) is 161 Å². The molecule has 19 heteroatoms. The van der Waals surface area contributed by atoms with Gasteiger partial charge in [0.2, 0.25) is 0 Å². The normalized spacial score (nSPS) is 17.4. The maximum atomic E-state index is 13.1. The number of aromatic nitrogens is 4. The molecule has 0 N–H and O–H groups in total. The molecule has 0 amide bonds. The number of hydrogen-bond donors (Lipinski definition) is 0. The fraction of sp³-hybridized carbons (Fsp3) is 0.455. The zero-order valence-corrected chi connectivity index (χ0v) is 35.5. The van der Waals surface area contributed by atoms with Gasteiger partial charge in [-0.2, -0.15) is 26.7 Å². The van der Waals surface area contributed by atoms with Gasteiger partial charge in [0.25, 0.3) is 0 Å². The predicted octanol–water partition coefficient (Wildman–Crippen LogP) is -5.18. The van der Waals surface area contributed by atoms with Crippen molar-refractivity contribution in [3.8, 4) is 17.1 Å². The van der Waals surface area contributed by atoms with E-state index >= 15 is 0 Å². The summed E-state index contributed by atoms with van der Waals surface area (Å²) in [4.78, 5) is 19.2. The van der Waals surface area contributed by atoms with Crippen molar-refractivity contribution in [1.82, 2.24) is 19.7 Å². The molecular weight excluding hydrogens is 817 g/mol. The summed E-state index contributed by atoms with van der Waals surface area (Å²) < 4.78 is 80.6. The van der Waals surface area contributed by atoms with E-state index in [1.54, 1.807) is 21.8 Å². The van der Waals surface area contributed by atoms with Gasteiger partial charge in [-0.3, -0.25) is 4.98 Å². The molecule has 2 aliphatic rings. The molecule has 0 spiro atoms. The summed E-state index contributed by atoms with van der Waals surface area (Å²) in [6, 6.07) is 4.27. The number of carboxylic acid groups (broad SMARTS) is 2. The van der Waals surface area contributed by atoms with Crippen molar-refractivity contribution in [3.05, 3.63) is 30.6 Å². The Bertz CT molecular complexity index is 1430. The summed E-state index contributed by atoms with van der Waals surface area (Å²) >= 11 is 0. The molecule has 2 fully saturated rings. The SMILES string of the molecule is O=C([O-])[O-].O=S(=O)(Oc1cc(N2CCOCC2)nc2c(-c3ccnn3C3CCCCO3)nccc12)C(F)(F)F.[Cs+].[Cs+]. The van der Waals surface area contributed by atoms with Crippen molar-refractivity contribution in [2.75, 3.05) is 37.8 Å². The summed E-state index contributed by atoms with van der Waals surface area (Å²) in [5, 5.41) is 21.1. The van der Waals surface area contributed by atoms with Gasteiger partial charge in [-0.1, -0.05) is 0 Å². The molecule has 0 radical (unpaired) electrons. The molecule has 41 heavy (non-hydrogen) atoms. The number of carbonyl (C=O) groups excluding carboxylic acids is 1. The smallest absolute Gasteiger partial charge is 0.652 e. The molecule has 3 aromatic rings. The molecule has 5 rings (SSSR count). The number of ether oxygens (including phenoxy) is 2. The first-order valence-corrected chi connectivity index (χ1v) is 13.1. The number of anilines is 1. The average Bonchev–Trinajstić information content (AvgIpc) is 3.38. The van der Waals surface area contributed by atoms with Gasteiger partial charge in [0.1, 0.15) is 17.0 Å². The number of fused-ring (bicyclic) bond motifs is 1. The van der Waals surface area contributed by atoms with E-state index in [0.29, 0.717) is 44.3 Å². The van der Waals surface area contributed by atoms with Crippen LogP contribution in [0.15, 0.2) is 30.6 Å². The molecule has 0 bridgehead atoms. The molecule has 0 aliphatic carbocycles. The van der Waals surface area contributed by atoms with E-state index in [1.807, 2.05) is 0 Å². The van der Waals surface area contributed by atoms with Crippen LogP contribution in [0.5, 0.6) is 5.75 Å². The van der Waals surface area contributed by atoms with Crippen LogP contribution in [0.2, 0.25) is 0 Å². The van der Waals surface area contributed by atoms with Gasteiger partial charge >= 0.3 is 153 Å². The number of alkyl halides is 3. The van der Waals surface area contributed by atoms with E-state index < -0.39 is 27.5 Å². The Balaban J connectivity index is 0.000000921. The molecule has 1 unspecified atom stereocenters. The number of rotatable bonds is 5. The van der Waals surface area contributed by atoms with Crippen molar-refractivity contribution >= 4 is 33.0 Å². The third-order valence-electron chi connectivity index (χ3n) is 5.84. The fourth-order valence-corrected chi connectivity index (χ4v) is 4.60. The van der Waals surface area contributed by atoms with Crippen LogP contribution >= 0.6 is 0 Å². The molecule has 3 aromatic heterocycles. The molecule has 212 valence electrons. The average molecular weight is 839 g/mol. The van der Waals surface area contributed by atoms with Crippen LogP contribution in [0.4, 0.5) is 23.8 Å². The first-order valence-electron chi connectivity index (χ1n) is 11.6. The maximum absolute atomic E-state index is 13.1. The molecule has 0 aromatic carbocycles. The Morgan fingerprint density at radius 3 is 2.37 bits per heavy atom. The van der Waals surface area contributed by atoms with Crippen molar-refractivity contribution in [2.45, 2.75) is 31.0 Å². The summed E-state index contributed by atoms with van der Waals surface area (Å²) in [7, 11) is -5.91. The Morgan fingerprint density at radius 2 is 1.76 bits per heavy atom. The van der Waals surface area contributed by atoms with Crippen LogP contribution in [-0.2, 0) is 19.6 Å². The van der Waals surface area contributed by atoms with Gasteiger partial charge in [-0.15, -0.1) is 0 Å². The van der Waals surface area contributed by atoms with Gasteiger partial charge in [0, 0.05) is 43.5 Å². The number of carbonyl (C=O) groups is 1. The number of pyridine rings is 2. The second kappa shape index (κ2) is 16.6. The van der Waals surface area contributed by atoms with Crippen molar-refractivity contribution in [3.63, 3.8) is 0 Å². The zero-order chi connectivity index (χ0) is 28.2. The van der Waals surface area contributed by atoms with Crippen LogP contribution in [-0.4, -0.2) is 72.7 Å². The van der Waals surface area contributed by atoms with Gasteiger partial charge in [0.15, 0.2) is 12.0 Å². The van der Waals surface area contributed by atoms with Gasteiger partial charge in [-0.25, -0.2) is 9.67 Å². The second-order valence-electron chi connectivity index (χ2n) is 8.35. The Hall–Kier alpha value is 0.404. The van der Waals surface area contributed by atoms with E-state index in [1.165, 1.54) is 18.3 Å². The molecule has 2 saturated heterocycles. The number of halogens is 3. The molecule has 2 aliphatic heterocycles. The summed E-state index contributed by atoms with van der Waals surface area (Å²) in [5.41, 5.74) is -4.55. The number of hydrogen-bond acceptors (Lipinski definition) is 12. The summed E-state index contributed by atoms with van der Waals surface area (Å²) in [5.74, 6) is -0.236. The third kappa shape index (κ3) is 9.69. The van der Waals surface area contributed by atoms with Gasteiger partial charge in [0.05, 0.1) is 18.9 Å². The zero-order valence-electron chi connectivity index (χ0n) is 22.2. The Kier molecular flexibility index (Phi) is 15.3. The molecular formula is C22H22Cs2F3N5O8S. The van der Waals surface area contributed by atoms with Crippen molar-refractivity contribution < 1.29 is 188 Å². The minimum absolute atomic E-state index is 0. The summed E-state index contributed by atoms with van der Waals surface area (Å²) in [6.07, 6.45) is 2.92. The van der Waals surface area contributed by atoms with E-state index in [2.05, 4.69) is 19.2 Å². The summed E-state index contributed by atoms with van der Waals surface area (Å²) in [6.45, 7) is 2.21. The minimum atomic E-state index is -5.91. The molecule has 0 saturated carbocycles. The van der Waals surface area contributed by atoms with Crippen LogP contribution < -0.4 is 157 Å². The first kappa shape index (κ1) is 37.6. The van der Waals surface area contributed by atoms with E-state index in [9.17, 15) is 21.6 Å². The standard InChI is InChI=1S/C21H22F3N5O5S.CH2O3.2Cs/c22-21(23,24)35(30,31)34-16-13-17(28-8-11-32-12-9-28)27-19-14(16)4-6-25-20(19)15-5-7-26-29(15)18-3-1-2-10-33-18;2-1(3)4;;/h4-7,13,18H,1-3,8-12H2;(H2,2,3,4);;/q;;2*+1/p-2. The van der Waals surface area contributed by atoms with Crippen LogP contribution in [0, 0.1) is 0 Å². The predicted molar refractivity (Wildman–Crippen MR) is 124 cm³/mol. The monoisotopic (exact) mass is 839 g/mol. The topological polar surface area (TPSA) is 172 Å². The Morgan fingerprint density at radius 1 is 1.07 bits per heavy atom. The fourth-order valence-electron chi connectivity index (χ4n) is 4.13. The van der Waals surface area contributed by atoms with Crippen molar-refractivity contribution in [2.24, 2.45) is 0 Å². The number of nitrogens with zero attached hydrogens (tertiary/aromatic N) is 5. The third-order valence-corrected chi connectivity index (χ3v) is 6.80. The van der Waals surface area contributed by atoms with E-state index in [4.69, 9.17) is 24.5 Å². The first-order chi connectivity index (χ1) is 18.5. The maximum Gasteiger partial charge on any atom is 1.00 e. The van der Waals surface area contributed by atoms with Gasteiger partial charge in [-0.05, 0) is 37.6 Å². The minimum Gasteiger partial charge on any atom is -0.652 e. The largest absolute Gasteiger partial charge is 1.00 e. The van der Waals surface area contributed by atoms with Crippen LogP contribution in [0.25, 0.3) is 22.3 Å². The quantitative estimate of drug-likeness (QED) is 0.177. The number of morpholine rings is 1. The van der Waals surface area contributed by atoms with Crippen molar-refractivity contribution in [1.29, 1.82) is 0 Å². The van der Waals surface area contributed by atoms with Crippen LogP contribution in [0.1, 0.15) is 25.5 Å².